The SMILES string of the molecule is O=C(Nc1nc(-c2c(F)cccc2F)cs1)C1=NO[C@@H](c2ccccc2)C1. The number of hydrogen-bond donors (Lipinski definition) is 1. The standard InChI is InChI=1S/C19H13F2N3O2S/c20-12-7-4-8-13(21)17(12)15-10-27-19(22-15)23-18(25)14-9-16(26-24-14)11-5-2-1-3-6-11/h1-8,10,16H,9H2,(H,22,23,25)/t16-/m1/s1. The summed E-state index contributed by atoms with van der Waals surface area (Å²) in [4.78, 5) is 21.8. The number of aromatic nitrogens is 1. The molecule has 1 atom stereocenters. The number of oxime groups is 1. The molecule has 0 saturated carbocycles. The number of amides is 1. The Labute approximate surface area is 157 Å². The number of benzene rings is 2. The number of nitrogens with zero attached hydrogens (tertiary/aromatic N) is 2. The number of carbonyl (C=O) groups is 1. The van der Waals surface area contributed by atoms with Gasteiger partial charge in [0.2, 0.25) is 0 Å². The highest BCUT2D eigenvalue weighted by atomic mass is 32.1. The number of thiazole rings is 1. The van der Waals surface area contributed by atoms with Crippen LogP contribution >= 0.6 is 11.3 Å². The van der Waals surface area contributed by atoms with E-state index in [4.69, 9.17) is 4.84 Å². The molecule has 1 aromatic heterocycles. The molecule has 27 heavy (non-hydrogen) atoms. The van der Waals surface area contributed by atoms with Crippen LogP contribution in [0, 0.1) is 11.6 Å². The maximum absolute atomic E-state index is 13.9. The van der Waals surface area contributed by atoms with Gasteiger partial charge in [-0.05, 0) is 17.7 Å². The van der Waals surface area contributed by atoms with E-state index in [-0.39, 0.29) is 28.2 Å². The van der Waals surface area contributed by atoms with E-state index in [0.717, 1.165) is 29.0 Å². The molecule has 1 N–H and O–H groups in total. The molecule has 0 radical (unpaired) electrons. The summed E-state index contributed by atoms with van der Waals surface area (Å²) in [5, 5.41) is 8.15. The fraction of sp³-hybridized carbons (Fsp3) is 0.105. The molecule has 0 bridgehead atoms. The second kappa shape index (κ2) is 7.24. The second-order valence-corrected chi connectivity index (χ2v) is 6.69. The largest absolute Gasteiger partial charge is 0.387 e. The van der Waals surface area contributed by atoms with Crippen LogP contribution in [0.15, 0.2) is 59.1 Å². The third-order valence-corrected chi connectivity index (χ3v) is 4.80. The number of carbonyl (C=O) groups excluding carboxylic acids is 1. The molecule has 0 fully saturated rings. The topological polar surface area (TPSA) is 63.6 Å². The molecule has 1 amide bonds. The minimum atomic E-state index is -0.711. The Hall–Kier alpha value is -3.13. The Kier molecular flexibility index (Phi) is 4.64. The van der Waals surface area contributed by atoms with Gasteiger partial charge in [-0.1, -0.05) is 41.6 Å². The summed E-state index contributed by atoms with van der Waals surface area (Å²) in [6.45, 7) is 0. The van der Waals surface area contributed by atoms with Gasteiger partial charge in [0.15, 0.2) is 11.2 Å². The minimum absolute atomic E-state index is 0.123. The van der Waals surface area contributed by atoms with Crippen molar-refractivity contribution in [3.63, 3.8) is 0 Å². The van der Waals surface area contributed by atoms with E-state index in [9.17, 15) is 13.6 Å². The molecule has 0 unspecified atom stereocenters. The van der Waals surface area contributed by atoms with Gasteiger partial charge in [-0.2, -0.15) is 0 Å². The van der Waals surface area contributed by atoms with Crippen molar-refractivity contribution in [1.82, 2.24) is 4.98 Å². The lowest BCUT2D eigenvalue weighted by Crippen LogP contribution is -2.21. The molecule has 5 nitrogen and oxygen atoms in total. The first-order valence-corrected chi connectivity index (χ1v) is 8.98. The Morgan fingerprint density at radius 1 is 1.11 bits per heavy atom. The molecule has 2 heterocycles. The van der Waals surface area contributed by atoms with Crippen LogP contribution in [0.4, 0.5) is 13.9 Å². The van der Waals surface area contributed by atoms with Gasteiger partial charge in [0.05, 0.1) is 11.3 Å². The predicted molar refractivity (Wildman–Crippen MR) is 98.4 cm³/mol. The Bertz CT molecular complexity index is 1000. The monoisotopic (exact) mass is 385 g/mol. The van der Waals surface area contributed by atoms with Crippen LogP contribution in [0.5, 0.6) is 0 Å². The van der Waals surface area contributed by atoms with Crippen LogP contribution < -0.4 is 5.32 Å². The third kappa shape index (κ3) is 3.56. The first-order valence-electron chi connectivity index (χ1n) is 8.10. The van der Waals surface area contributed by atoms with Gasteiger partial charge in [-0.3, -0.25) is 10.1 Å². The number of halogens is 2. The smallest absolute Gasteiger partial charge is 0.275 e. The maximum atomic E-state index is 13.9. The highest BCUT2D eigenvalue weighted by Crippen LogP contribution is 2.30. The van der Waals surface area contributed by atoms with Crippen molar-refractivity contribution >= 4 is 28.1 Å². The van der Waals surface area contributed by atoms with Crippen molar-refractivity contribution in [3.8, 4) is 11.3 Å². The van der Waals surface area contributed by atoms with Crippen molar-refractivity contribution in [2.75, 3.05) is 5.32 Å². The van der Waals surface area contributed by atoms with Gasteiger partial charge in [0, 0.05) is 11.8 Å². The minimum Gasteiger partial charge on any atom is -0.387 e. The van der Waals surface area contributed by atoms with Gasteiger partial charge in [0.25, 0.3) is 5.91 Å². The fourth-order valence-electron chi connectivity index (χ4n) is 2.72. The lowest BCUT2D eigenvalue weighted by Gasteiger charge is -2.07. The van der Waals surface area contributed by atoms with Gasteiger partial charge in [0.1, 0.15) is 17.3 Å². The van der Waals surface area contributed by atoms with Gasteiger partial charge in [-0.25, -0.2) is 13.8 Å². The maximum Gasteiger partial charge on any atom is 0.275 e. The molecule has 0 saturated heterocycles. The third-order valence-electron chi connectivity index (χ3n) is 4.05. The predicted octanol–water partition coefficient (Wildman–Crippen LogP) is 4.54. The highest BCUT2D eigenvalue weighted by molar-refractivity contribution is 7.14. The van der Waals surface area contributed by atoms with Crippen molar-refractivity contribution < 1.29 is 18.4 Å². The van der Waals surface area contributed by atoms with Crippen molar-refractivity contribution in [2.45, 2.75) is 12.5 Å². The van der Waals surface area contributed by atoms with Crippen LogP contribution in [0.1, 0.15) is 18.1 Å². The lowest BCUT2D eigenvalue weighted by atomic mass is 10.0. The quantitative estimate of drug-likeness (QED) is 0.717. The van der Waals surface area contributed by atoms with Crippen molar-refractivity contribution in [2.24, 2.45) is 5.16 Å². The normalized spacial score (nSPS) is 15.9. The van der Waals surface area contributed by atoms with E-state index < -0.39 is 17.5 Å². The molecule has 0 aliphatic carbocycles. The molecule has 1 aliphatic heterocycles. The average Bonchev–Trinajstić information content (AvgIpc) is 3.32. The summed E-state index contributed by atoms with van der Waals surface area (Å²) in [7, 11) is 0. The molecular formula is C19H13F2N3O2S. The number of rotatable bonds is 4. The molecule has 1 aliphatic rings. The molecule has 8 heteroatoms. The summed E-state index contributed by atoms with van der Waals surface area (Å²) in [5.74, 6) is -1.88. The molecule has 0 spiro atoms. The fourth-order valence-corrected chi connectivity index (χ4v) is 3.41. The van der Waals surface area contributed by atoms with E-state index >= 15 is 0 Å². The Morgan fingerprint density at radius 2 is 1.85 bits per heavy atom. The van der Waals surface area contributed by atoms with E-state index in [2.05, 4.69) is 15.5 Å². The summed E-state index contributed by atoms with van der Waals surface area (Å²) in [6.07, 6.45) is 0.0158. The summed E-state index contributed by atoms with van der Waals surface area (Å²) < 4.78 is 27.7. The van der Waals surface area contributed by atoms with Gasteiger partial charge < -0.3 is 4.84 Å². The molecular weight excluding hydrogens is 372 g/mol. The molecule has 4 rings (SSSR count). The molecule has 3 aromatic rings. The van der Waals surface area contributed by atoms with E-state index in [1.54, 1.807) is 0 Å². The van der Waals surface area contributed by atoms with Crippen molar-refractivity contribution in [3.05, 3.63) is 71.1 Å². The van der Waals surface area contributed by atoms with E-state index in [1.165, 1.54) is 11.4 Å². The summed E-state index contributed by atoms with van der Waals surface area (Å²) in [6, 6.07) is 13.1. The first-order chi connectivity index (χ1) is 13.1. The van der Waals surface area contributed by atoms with Crippen LogP contribution in [-0.2, 0) is 9.63 Å². The van der Waals surface area contributed by atoms with Crippen LogP contribution in [0.3, 0.4) is 0 Å². The zero-order chi connectivity index (χ0) is 18.8. The molecule has 2 aromatic carbocycles. The summed E-state index contributed by atoms with van der Waals surface area (Å²) in [5.41, 5.74) is 1.06. The zero-order valence-corrected chi connectivity index (χ0v) is 14.7. The molecule has 136 valence electrons. The van der Waals surface area contributed by atoms with Crippen LogP contribution in [0.2, 0.25) is 0 Å². The van der Waals surface area contributed by atoms with Gasteiger partial charge >= 0.3 is 0 Å². The van der Waals surface area contributed by atoms with E-state index in [1.807, 2.05) is 30.3 Å². The van der Waals surface area contributed by atoms with Crippen molar-refractivity contribution in [1.29, 1.82) is 0 Å². The number of anilines is 1. The average molecular weight is 385 g/mol. The highest BCUT2D eigenvalue weighted by Gasteiger charge is 2.28. The summed E-state index contributed by atoms with van der Waals surface area (Å²) >= 11 is 1.07. The Morgan fingerprint density at radius 3 is 2.59 bits per heavy atom. The number of nitrogens with one attached hydrogen (secondary N) is 1. The second-order valence-electron chi connectivity index (χ2n) is 5.84. The van der Waals surface area contributed by atoms with Crippen LogP contribution in [-0.4, -0.2) is 16.6 Å². The Balaban J connectivity index is 1.45. The van der Waals surface area contributed by atoms with Gasteiger partial charge in [-0.15, -0.1) is 11.3 Å². The van der Waals surface area contributed by atoms with E-state index in [0.29, 0.717) is 6.42 Å². The number of hydrogen-bond acceptors (Lipinski definition) is 5. The lowest BCUT2D eigenvalue weighted by molar-refractivity contribution is -0.110. The zero-order valence-electron chi connectivity index (χ0n) is 13.9. The van der Waals surface area contributed by atoms with Crippen LogP contribution in [0.25, 0.3) is 11.3 Å². The first kappa shape index (κ1) is 17.3.